The van der Waals surface area contributed by atoms with Gasteiger partial charge in [0.05, 0.1) is 19.8 Å². The predicted molar refractivity (Wildman–Crippen MR) is 43.7 cm³/mol. The summed E-state index contributed by atoms with van der Waals surface area (Å²) in [6.45, 7) is 7.38. The van der Waals surface area contributed by atoms with E-state index in [-0.39, 0.29) is 0 Å². The van der Waals surface area contributed by atoms with E-state index in [4.69, 9.17) is 9.47 Å². The average molecular weight is 159 g/mol. The lowest BCUT2D eigenvalue weighted by molar-refractivity contribution is 0.0288. The highest BCUT2D eigenvalue weighted by atomic mass is 16.5. The van der Waals surface area contributed by atoms with Gasteiger partial charge >= 0.3 is 0 Å². The second-order valence-electron chi connectivity index (χ2n) is 2.80. The summed E-state index contributed by atoms with van der Waals surface area (Å²) in [7, 11) is 0. The summed E-state index contributed by atoms with van der Waals surface area (Å²) in [5.74, 6) is 0.747. The quantitative estimate of drug-likeness (QED) is 0.564. The number of nitrogens with one attached hydrogen (secondary N) is 1. The third-order valence-electron chi connectivity index (χ3n) is 1.80. The summed E-state index contributed by atoms with van der Waals surface area (Å²) in [5, 5.41) is 3.20. The Balaban J connectivity index is 1.73. The lowest BCUT2D eigenvalue weighted by Crippen LogP contribution is -2.44. The third kappa shape index (κ3) is 3.70. The Hall–Kier alpha value is -0.120. The Morgan fingerprint density at radius 2 is 2.00 bits per heavy atom. The van der Waals surface area contributed by atoms with E-state index < -0.39 is 0 Å². The fourth-order valence-electron chi connectivity index (χ4n) is 0.979. The van der Waals surface area contributed by atoms with Crippen LogP contribution in [-0.4, -0.2) is 39.5 Å². The van der Waals surface area contributed by atoms with Gasteiger partial charge in [0.15, 0.2) is 0 Å². The molecule has 0 atom stereocenters. The van der Waals surface area contributed by atoms with Gasteiger partial charge < -0.3 is 14.8 Å². The molecule has 1 N–H and O–H groups in total. The molecule has 66 valence electrons. The summed E-state index contributed by atoms with van der Waals surface area (Å²) >= 11 is 0. The van der Waals surface area contributed by atoms with Crippen molar-refractivity contribution in [1.29, 1.82) is 0 Å². The molecule has 0 spiro atoms. The summed E-state index contributed by atoms with van der Waals surface area (Å²) in [5.41, 5.74) is 0. The minimum absolute atomic E-state index is 0.733. The minimum Gasteiger partial charge on any atom is -0.379 e. The van der Waals surface area contributed by atoms with Crippen molar-refractivity contribution in [3.05, 3.63) is 0 Å². The Kier molecular flexibility index (Phi) is 4.50. The van der Waals surface area contributed by atoms with E-state index >= 15 is 0 Å². The molecule has 0 saturated carbocycles. The first-order valence-corrected chi connectivity index (χ1v) is 4.29. The van der Waals surface area contributed by atoms with Crippen LogP contribution in [0.5, 0.6) is 0 Å². The smallest absolute Gasteiger partial charge is 0.0700 e. The molecule has 0 unspecified atom stereocenters. The van der Waals surface area contributed by atoms with Crippen molar-refractivity contribution in [1.82, 2.24) is 5.32 Å². The van der Waals surface area contributed by atoms with Crippen molar-refractivity contribution in [2.24, 2.45) is 5.92 Å². The van der Waals surface area contributed by atoms with Crippen LogP contribution in [0.25, 0.3) is 0 Å². The summed E-state index contributed by atoms with van der Waals surface area (Å²) in [6.07, 6.45) is 0. The first-order valence-electron chi connectivity index (χ1n) is 4.29. The van der Waals surface area contributed by atoms with Crippen LogP contribution in [0.4, 0.5) is 0 Å². The number of hydrogen-bond donors (Lipinski definition) is 1. The van der Waals surface area contributed by atoms with Gasteiger partial charge in [-0.05, 0) is 6.92 Å². The molecule has 0 aliphatic carbocycles. The Morgan fingerprint density at radius 1 is 1.27 bits per heavy atom. The molecule has 0 aromatic carbocycles. The minimum atomic E-state index is 0.733. The molecule has 1 saturated heterocycles. The molecule has 1 aliphatic rings. The van der Waals surface area contributed by atoms with Crippen LogP contribution in [0.15, 0.2) is 0 Å². The van der Waals surface area contributed by atoms with Gasteiger partial charge in [0.2, 0.25) is 0 Å². The standard InChI is InChI=1S/C8H17NO2/c1-2-10-3-4-11-7-8-5-9-6-8/h8-9H,2-7H2,1H3. The Bertz CT molecular complexity index is 94.1. The predicted octanol–water partition coefficient (Wildman–Crippen LogP) is 0.259. The van der Waals surface area contributed by atoms with Crippen LogP contribution in [0.3, 0.4) is 0 Å². The highest BCUT2D eigenvalue weighted by Gasteiger charge is 2.15. The zero-order valence-corrected chi connectivity index (χ0v) is 7.14. The van der Waals surface area contributed by atoms with Crippen molar-refractivity contribution in [3.8, 4) is 0 Å². The molecule has 3 nitrogen and oxygen atoms in total. The number of hydrogen-bond acceptors (Lipinski definition) is 3. The van der Waals surface area contributed by atoms with Crippen LogP contribution in [-0.2, 0) is 9.47 Å². The molecule has 1 fully saturated rings. The fourth-order valence-corrected chi connectivity index (χ4v) is 0.979. The van der Waals surface area contributed by atoms with Crippen LogP contribution in [0.2, 0.25) is 0 Å². The van der Waals surface area contributed by atoms with Crippen molar-refractivity contribution < 1.29 is 9.47 Å². The molecule has 0 bridgehead atoms. The van der Waals surface area contributed by atoms with E-state index in [1.807, 2.05) is 6.92 Å². The number of rotatable bonds is 6. The van der Waals surface area contributed by atoms with E-state index in [1.165, 1.54) is 0 Å². The van der Waals surface area contributed by atoms with Gasteiger partial charge in [-0.15, -0.1) is 0 Å². The summed E-state index contributed by atoms with van der Waals surface area (Å²) in [6, 6.07) is 0. The highest BCUT2D eigenvalue weighted by molar-refractivity contribution is 4.73. The molecule has 0 radical (unpaired) electrons. The van der Waals surface area contributed by atoms with Crippen molar-refractivity contribution >= 4 is 0 Å². The lowest BCUT2D eigenvalue weighted by Gasteiger charge is -2.26. The van der Waals surface area contributed by atoms with Gasteiger partial charge in [-0.25, -0.2) is 0 Å². The second-order valence-corrected chi connectivity index (χ2v) is 2.80. The van der Waals surface area contributed by atoms with Crippen molar-refractivity contribution in [2.45, 2.75) is 6.92 Å². The molecular weight excluding hydrogens is 142 g/mol. The lowest BCUT2D eigenvalue weighted by atomic mass is 10.1. The number of ether oxygens (including phenoxy) is 2. The third-order valence-corrected chi connectivity index (χ3v) is 1.80. The maximum Gasteiger partial charge on any atom is 0.0700 e. The highest BCUT2D eigenvalue weighted by Crippen LogP contribution is 2.01. The van der Waals surface area contributed by atoms with Gasteiger partial charge in [0, 0.05) is 25.6 Å². The molecule has 1 rings (SSSR count). The normalized spacial score (nSPS) is 18.3. The summed E-state index contributed by atoms with van der Waals surface area (Å²) < 4.78 is 10.5. The average Bonchev–Trinajstić information content (AvgIpc) is 1.93. The molecule has 11 heavy (non-hydrogen) atoms. The maximum atomic E-state index is 5.37. The van der Waals surface area contributed by atoms with Gasteiger partial charge in [0.1, 0.15) is 0 Å². The summed E-state index contributed by atoms with van der Waals surface area (Å²) in [4.78, 5) is 0. The SMILES string of the molecule is CCOCCOCC1CNC1. The van der Waals surface area contributed by atoms with E-state index in [0.29, 0.717) is 0 Å². The molecular formula is C8H17NO2. The molecule has 0 amide bonds. The van der Waals surface area contributed by atoms with Crippen molar-refractivity contribution in [3.63, 3.8) is 0 Å². The van der Waals surface area contributed by atoms with Crippen LogP contribution in [0, 0.1) is 5.92 Å². The first kappa shape index (κ1) is 8.97. The zero-order chi connectivity index (χ0) is 7.94. The van der Waals surface area contributed by atoms with Crippen molar-refractivity contribution in [2.75, 3.05) is 39.5 Å². The van der Waals surface area contributed by atoms with Crippen LogP contribution < -0.4 is 5.32 Å². The van der Waals surface area contributed by atoms with Crippen LogP contribution in [0.1, 0.15) is 6.92 Å². The Morgan fingerprint density at radius 3 is 2.55 bits per heavy atom. The van der Waals surface area contributed by atoms with Gasteiger partial charge in [-0.1, -0.05) is 0 Å². The Labute approximate surface area is 68.1 Å². The monoisotopic (exact) mass is 159 g/mol. The largest absolute Gasteiger partial charge is 0.379 e. The maximum absolute atomic E-state index is 5.37. The van der Waals surface area contributed by atoms with Gasteiger partial charge in [-0.2, -0.15) is 0 Å². The fraction of sp³-hybridized carbons (Fsp3) is 1.00. The first-order chi connectivity index (χ1) is 5.43. The molecule has 3 heteroatoms. The zero-order valence-electron chi connectivity index (χ0n) is 7.14. The van der Waals surface area contributed by atoms with Gasteiger partial charge in [0.25, 0.3) is 0 Å². The second kappa shape index (κ2) is 5.52. The molecule has 0 aromatic heterocycles. The van der Waals surface area contributed by atoms with E-state index in [2.05, 4.69) is 5.32 Å². The molecule has 1 heterocycles. The van der Waals surface area contributed by atoms with Crippen LogP contribution >= 0.6 is 0 Å². The van der Waals surface area contributed by atoms with E-state index in [9.17, 15) is 0 Å². The van der Waals surface area contributed by atoms with Gasteiger partial charge in [-0.3, -0.25) is 0 Å². The van der Waals surface area contributed by atoms with E-state index in [1.54, 1.807) is 0 Å². The molecule has 0 aromatic rings. The molecule has 1 aliphatic heterocycles. The topological polar surface area (TPSA) is 30.5 Å². The van der Waals surface area contributed by atoms with E-state index in [0.717, 1.165) is 45.4 Å².